The van der Waals surface area contributed by atoms with Crippen LogP contribution in [-0.2, 0) is 16.0 Å². The maximum atomic E-state index is 13.6. The molecule has 0 aliphatic carbocycles. The summed E-state index contributed by atoms with van der Waals surface area (Å²) in [5.74, 6) is -2.22. The largest absolute Gasteiger partial charge is 0.454 e. The van der Waals surface area contributed by atoms with Crippen LogP contribution < -0.4 is 19.7 Å². The summed E-state index contributed by atoms with van der Waals surface area (Å²) in [5, 5.41) is 2.73. The van der Waals surface area contributed by atoms with E-state index >= 15 is 0 Å². The van der Waals surface area contributed by atoms with E-state index in [-0.39, 0.29) is 13.2 Å². The molecule has 3 aromatic rings. The third kappa shape index (κ3) is 4.39. The van der Waals surface area contributed by atoms with Gasteiger partial charge in [-0.15, -0.1) is 0 Å². The average molecular weight is 491 g/mol. The number of halogens is 2. The molecule has 36 heavy (non-hydrogen) atoms. The number of rotatable bonds is 5. The molecule has 3 aromatic carbocycles. The fourth-order valence-electron chi connectivity index (χ4n) is 4.28. The second-order valence-electron chi connectivity index (χ2n) is 8.72. The molecule has 2 aliphatic heterocycles. The Kier molecular flexibility index (Phi) is 6.13. The van der Waals surface area contributed by atoms with E-state index in [9.17, 15) is 18.4 Å². The van der Waals surface area contributed by atoms with Gasteiger partial charge in [0.15, 0.2) is 23.1 Å². The lowest BCUT2D eigenvalue weighted by Crippen LogP contribution is -2.47. The minimum absolute atomic E-state index is 0.123. The molecule has 9 heteroatoms. The molecule has 0 radical (unpaired) electrons. The second-order valence-corrected chi connectivity index (χ2v) is 8.72. The van der Waals surface area contributed by atoms with Crippen molar-refractivity contribution in [1.82, 2.24) is 5.32 Å². The minimum atomic E-state index is -1.19. The molecule has 5 rings (SSSR count). The van der Waals surface area contributed by atoms with Gasteiger partial charge in [-0.25, -0.2) is 13.8 Å². The van der Waals surface area contributed by atoms with Crippen molar-refractivity contribution < 1.29 is 27.8 Å². The molecule has 7 nitrogen and oxygen atoms in total. The number of ether oxygens (including phenoxy) is 2. The summed E-state index contributed by atoms with van der Waals surface area (Å²) < 4.78 is 37.8. The Hall–Kier alpha value is -4.27. The molecule has 0 fully saturated rings. The summed E-state index contributed by atoms with van der Waals surface area (Å²) in [6.45, 7) is 1.77. The van der Waals surface area contributed by atoms with Crippen molar-refractivity contribution in [1.29, 1.82) is 0 Å². The van der Waals surface area contributed by atoms with Gasteiger partial charge in [-0.3, -0.25) is 9.59 Å². The Morgan fingerprint density at radius 2 is 1.86 bits per heavy atom. The first-order valence-electron chi connectivity index (χ1n) is 11.4. The monoisotopic (exact) mass is 491 g/mol. The van der Waals surface area contributed by atoms with Crippen molar-refractivity contribution in [2.75, 3.05) is 18.7 Å². The predicted molar refractivity (Wildman–Crippen MR) is 129 cm³/mol. The molecule has 2 amide bonds. The van der Waals surface area contributed by atoms with Crippen molar-refractivity contribution in [3.8, 4) is 11.5 Å². The van der Waals surface area contributed by atoms with Gasteiger partial charge in [-0.05, 0) is 48.4 Å². The summed E-state index contributed by atoms with van der Waals surface area (Å²) in [7, 11) is 1.63. The maximum absolute atomic E-state index is 13.6. The number of fused-ring (bicyclic) bond motifs is 2. The van der Waals surface area contributed by atoms with Gasteiger partial charge in [0.25, 0.3) is 5.91 Å². The fraction of sp³-hybridized carbons (Fsp3) is 0.222. The second kappa shape index (κ2) is 9.41. The summed E-state index contributed by atoms with van der Waals surface area (Å²) in [4.78, 5) is 32.5. The molecule has 184 valence electrons. The van der Waals surface area contributed by atoms with Gasteiger partial charge < -0.3 is 19.7 Å². The van der Waals surface area contributed by atoms with Crippen LogP contribution in [0.5, 0.6) is 11.5 Å². The van der Waals surface area contributed by atoms with Gasteiger partial charge in [0, 0.05) is 24.1 Å². The number of benzene rings is 3. The Morgan fingerprint density at radius 3 is 2.67 bits per heavy atom. The summed E-state index contributed by atoms with van der Waals surface area (Å²) >= 11 is 0. The van der Waals surface area contributed by atoms with Crippen LogP contribution in [-0.4, -0.2) is 37.5 Å². The van der Waals surface area contributed by atoms with Gasteiger partial charge >= 0.3 is 0 Å². The lowest BCUT2D eigenvalue weighted by atomic mass is 9.99. The van der Waals surface area contributed by atoms with Crippen molar-refractivity contribution in [3.05, 3.63) is 89.0 Å². The number of hydrogen-bond acceptors (Lipinski definition) is 5. The zero-order chi connectivity index (χ0) is 25.4. The molecular weight excluding hydrogens is 468 g/mol. The number of amides is 2. The molecule has 0 saturated carbocycles. The highest BCUT2D eigenvalue weighted by molar-refractivity contribution is 6.20. The highest BCUT2D eigenvalue weighted by Gasteiger charge is 2.32. The van der Waals surface area contributed by atoms with Gasteiger partial charge in [0.05, 0.1) is 11.4 Å². The van der Waals surface area contributed by atoms with Crippen LogP contribution in [0, 0.1) is 17.6 Å². The van der Waals surface area contributed by atoms with Crippen LogP contribution in [0.1, 0.15) is 23.6 Å². The molecular formula is C27H23F2N3O4. The SMILES string of the molecule is C[C@@H](Cc1ccc(F)c(F)c1)C(=O)N[C@H]1N=C(c2ccc3c(c2)OCO3)c2ccccc2N(C)C1=O. The van der Waals surface area contributed by atoms with E-state index in [1.165, 1.54) is 11.0 Å². The molecule has 0 spiro atoms. The molecule has 0 aromatic heterocycles. The molecule has 1 N–H and O–H groups in total. The van der Waals surface area contributed by atoms with Gasteiger partial charge in [0.1, 0.15) is 0 Å². The number of carbonyl (C=O) groups is 2. The van der Waals surface area contributed by atoms with E-state index in [4.69, 9.17) is 9.47 Å². The number of hydrogen-bond donors (Lipinski definition) is 1. The van der Waals surface area contributed by atoms with Gasteiger partial charge in [0.2, 0.25) is 18.9 Å². The van der Waals surface area contributed by atoms with Crippen LogP contribution in [0.3, 0.4) is 0 Å². The van der Waals surface area contributed by atoms with E-state index in [1.807, 2.05) is 30.3 Å². The number of benzodiazepines with no additional fused rings is 1. The first-order valence-corrected chi connectivity index (χ1v) is 11.4. The number of nitrogens with zero attached hydrogens (tertiary/aromatic N) is 2. The van der Waals surface area contributed by atoms with Gasteiger partial charge in [-0.1, -0.05) is 31.2 Å². The number of likely N-dealkylation sites (N-methyl/N-ethyl adjacent to an activating group) is 1. The van der Waals surface area contributed by atoms with Crippen LogP contribution in [0.25, 0.3) is 0 Å². The molecule has 2 aliphatic rings. The Labute approximate surface area is 206 Å². The topological polar surface area (TPSA) is 80.2 Å². The van der Waals surface area contributed by atoms with Crippen molar-refractivity contribution >= 4 is 23.2 Å². The molecule has 0 unspecified atom stereocenters. The first-order chi connectivity index (χ1) is 17.3. The van der Waals surface area contributed by atoms with E-state index < -0.39 is 35.5 Å². The molecule has 0 bridgehead atoms. The van der Waals surface area contributed by atoms with E-state index in [1.54, 1.807) is 26.1 Å². The summed E-state index contributed by atoms with van der Waals surface area (Å²) in [6, 6.07) is 16.3. The van der Waals surface area contributed by atoms with Crippen molar-refractivity contribution in [2.24, 2.45) is 10.9 Å². The highest BCUT2D eigenvalue weighted by atomic mass is 19.2. The quantitative estimate of drug-likeness (QED) is 0.589. The predicted octanol–water partition coefficient (Wildman–Crippen LogP) is 3.83. The van der Waals surface area contributed by atoms with Gasteiger partial charge in [-0.2, -0.15) is 0 Å². The number of carbonyl (C=O) groups excluding carboxylic acids is 2. The lowest BCUT2D eigenvalue weighted by Gasteiger charge is -2.22. The smallest absolute Gasteiger partial charge is 0.272 e. The third-order valence-electron chi connectivity index (χ3n) is 6.24. The van der Waals surface area contributed by atoms with Crippen LogP contribution in [0.2, 0.25) is 0 Å². The normalized spacial score (nSPS) is 17.2. The minimum Gasteiger partial charge on any atom is -0.454 e. The van der Waals surface area contributed by atoms with Crippen LogP contribution >= 0.6 is 0 Å². The number of nitrogens with one attached hydrogen (secondary N) is 1. The Bertz CT molecular complexity index is 1390. The highest BCUT2D eigenvalue weighted by Crippen LogP contribution is 2.35. The van der Waals surface area contributed by atoms with E-state index in [2.05, 4.69) is 10.3 Å². The number of para-hydroxylation sites is 1. The first kappa shape index (κ1) is 23.5. The zero-order valence-electron chi connectivity index (χ0n) is 19.6. The number of aliphatic imine (C=N–C) groups is 1. The molecule has 0 saturated heterocycles. The van der Waals surface area contributed by atoms with Crippen LogP contribution in [0.15, 0.2) is 65.7 Å². The summed E-state index contributed by atoms with van der Waals surface area (Å²) in [6.07, 6.45) is -1.03. The summed E-state index contributed by atoms with van der Waals surface area (Å²) in [5.41, 5.74) is 3.05. The third-order valence-corrected chi connectivity index (χ3v) is 6.24. The van der Waals surface area contributed by atoms with E-state index in [0.717, 1.165) is 17.7 Å². The van der Waals surface area contributed by atoms with E-state index in [0.29, 0.717) is 34.0 Å². The average Bonchev–Trinajstić information content (AvgIpc) is 3.32. The Morgan fingerprint density at radius 1 is 1.08 bits per heavy atom. The molecule has 2 heterocycles. The fourth-order valence-corrected chi connectivity index (χ4v) is 4.28. The number of anilines is 1. The van der Waals surface area contributed by atoms with Crippen molar-refractivity contribution in [3.63, 3.8) is 0 Å². The lowest BCUT2D eigenvalue weighted by molar-refractivity contribution is -0.129. The van der Waals surface area contributed by atoms with Crippen molar-refractivity contribution in [2.45, 2.75) is 19.5 Å². The molecule has 2 atom stereocenters. The Balaban J connectivity index is 1.46. The standard InChI is InChI=1S/C27H23F2N3O4/c1-15(11-16-7-9-19(28)20(29)12-16)26(33)31-25-27(34)32(2)21-6-4-3-5-18(21)24(30-25)17-8-10-22-23(13-17)36-14-35-22/h3-10,12-13,15,25H,11,14H2,1-2H3,(H,31,33)/t15-,25+/m0/s1. The maximum Gasteiger partial charge on any atom is 0.272 e. The van der Waals surface area contributed by atoms with Crippen LogP contribution in [0.4, 0.5) is 14.5 Å². The zero-order valence-corrected chi connectivity index (χ0v) is 19.6.